The van der Waals surface area contributed by atoms with Crippen LogP contribution in [0, 0.1) is 0 Å². The van der Waals surface area contributed by atoms with Crippen molar-refractivity contribution in [1.29, 1.82) is 0 Å². The first-order valence-electron chi connectivity index (χ1n) is 9.31. The zero-order chi connectivity index (χ0) is 19.1. The van der Waals surface area contributed by atoms with Crippen LogP contribution in [0.2, 0.25) is 0 Å². The predicted octanol–water partition coefficient (Wildman–Crippen LogP) is 3.88. The Bertz CT molecular complexity index is 1110. The van der Waals surface area contributed by atoms with Gasteiger partial charge in [0.25, 0.3) is 0 Å². The van der Waals surface area contributed by atoms with E-state index in [1.54, 1.807) is 17.5 Å². The number of aromatic nitrogens is 6. The number of anilines is 3. The topological polar surface area (TPSA) is 110 Å². The summed E-state index contributed by atoms with van der Waals surface area (Å²) in [6.07, 6.45) is 10.4. The molecule has 1 aliphatic carbocycles. The molecule has 0 atom stereocenters. The SMILES string of the molecule is CN(c1cn[nH]c1)c1cnc2cc(-c3nnc(C4CCCC4)s3)c(N)nc2c1. The standard InChI is InChI=1S/C19H20N8S/c1-27(13-9-22-23-10-13)12-6-16-15(21-8-12)7-14(17(20)24-16)19-26-25-18(28-19)11-4-2-3-5-11/h6-11H,2-5H2,1H3,(H2,20,24)(H,22,23). The lowest BCUT2D eigenvalue weighted by Gasteiger charge is -2.17. The number of nitrogen functional groups attached to an aromatic ring is 1. The number of rotatable bonds is 4. The molecule has 9 heteroatoms. The number of fused-ring (bicyclic) bond motifs is 1. The van der Waals surface area contributed by atoms with Crippen molar-refractivity contribution in [2.75, 3.05) is 17.7 Å². The van der Waals surface area contributed by atoms with Crippen molar-refractivity contribution in [2.45, 2.75) is 31.6 Å². The molecule has 8 nitrogen and oxygen atoms in total. The van der Waals surface area contributed by atoms with Crippen molar-refractivity contribution >= 4 is 39.6 Å². The van der Waals surface area contributed by atoms with Gasteiger partial charge in [-0.1, -0.05) is 24.2 Å². The molecule has 0 aliphatic heterocycles. The molecule has 5 rings (SSSR count). The van der Waals surface area contributed by atoms with Gasteiger partial charge in [0.2, 0.25) is 0 Å². The van der Waals surface area contributed by atoms with E-state index in [0.29, 0.717) is 11.7 Å². The highest BCUT2D eigenvalue weighted by Crippen LogP contribution is 2.39. The highest BCUT2D eigenvalue weighted by atomic mass is 32.1. The molecular formula is C19H20N8S. The van der Waals surface area contributed by atoms with E-state index in [-0.39, 0.29) is 0 Å². The van der Waals surface area contributed by atoms with E-state index in [1.807, 2.05) is 36.5 Å². The Morgan fingerprint density at radius 1 is 1.11 bits per heavy atom. The van der Waals surface area contributed by atoms with Crippen molar-refractivity contribution in [1.82, 2.24) is 30.4 Å². The van der Waals surface area contributed by atoms with Crippen molar-refractivity contribution in [2.24, 2.45) is 0 Å². The second kappa shape index (κ2) is 6.83. The van der Waals surface area contributed by atoms with Gasteiger partial charge in [-0.25, -0.2) is 4.98 Å². The Kier molecular flexibility index (Phi) is 4.16. The zero-order valence-corrected chi connectivity index (χ0v) is 16.3. The van der Waals surface area contributed by atoms with Crippen molar-refractivity contribution < 1.29 is 0 Å². The molecule has 1 aliphatic rings. The molecule has 1 fully saturated rings. The summed E-state index contributed by atoms with van der Waals surface area (Å²) in [6, 6.07) is 3.93. The Hall–Kier alpha value is -3.07. The minimum atomic E-state index is 0.450. The van der Waals surface area contributed by atoms with Crippen molar-refractivity contribution in [3.63, 3.8) is 0 Å². The molecule has 0 bridgehead atoms. The average Bonchev–Trinajstić information content (AvgIpc) is 3.48. The largest absolute Gasteiger partial charge is 0.383 e. The zero-order valence-electron chi connectivity index (χ0n) is 15.5. The van der Waals surface area contributed by atoms with Gasteiger partial charge in [0, 0.05) is 19.2 Å². The fourth-order valence-electron chi connectivity index (χ4n) is 3.67. The van der Waals surface area contributed by atoms with E-state index in [1.165, 1.54) is 25.7 Å². The lowest BCUT2D eigenvalue weighted by molar-refractivity contribution is 0.705. The summed E-state index contributed by atoms with van der Waals surface area (Å²) in [6.45, 7) is 0. The first kappa shape index (κ1) is 17.1. The normalized spacial score (nSPS) is 14.8. The van der Waals surface area contributed by atoms with Crippen LogP contribution < -0.4 is 10.6 Å². The first-order chi connectivity index (χ1) is 13.7. The van der Waals surface area contributed by atoms with E-state index >= 15 is 0 Å². The maximum atomic E-state index is 6.27. The maximum absolute atomic E-state index is 6.27. The molecule has 4 aromatic rings. The summed E-state index contributed by atoms with van der Waals surface area (Å²) in [7, 11) is 1.96. The van der Waals surface area contributed by atoms with Crippen molar-refractivity contribution in [3.8, 4) is 10.6 Å². The molecule has 1 saturated carbocycles. The first-order valence-corrected chi connectivity index (χ1v) is 10.1. The maximum Gasteiger partial charge on any atom is 0.151 e. The molecule has 4 aromatic heterocycles. The minimum absolute atomic E-state index is 0.450. The fraction of sp³-hybridized carbons (Fsp3) is 0.316. The van der Waals surface area contributed by atoms with Gasteiger partial charge in [0.15, 0.2) is 5.01 Å². The van der Waals surface area contributed by atoms with Gasteiger partial charge in [0.1, 0.15) is 10.8 Å². The third kappa shape index (κ3) is 2.97. The fourth-order valence-corrected chi connectivity index (χ4v) is 4.70. The smallest absolute Gasteiger partial charge is 0.151 e. The van der Waals surface area contributed by atoms with Gasteiger partial charge >= 0.3 is 0 Å². The highest BCUT2D eigenvalue weighted by molar-refractivity contribution is 7.14. The third-order valence-corrected chi connectivity index (χ3v) is 6.43. The van der Waals surface area contributed by atoms with E-state index in [4.69, 9.17) is 5.73 Å². The Morgan fingerprint density at radius 3 is 2.75 bits per heavy atom. The van der Waals surface area contributed by atoms with Gasteiger partial charge in [-0.15, -0.1) is 10.2 Å². The quantitative estimate of drug-likeness (QED) is 0.542. The lowest BCUT2D eigenvalue weighted by atomic mass is 10.1. The number of aromatic amines is 1. The summed E-state index contributed by atoms with van der Waals surface area (Å²) < 4.78 is 0. The van der Waals surface area contributed by atoms with E-state index in [9.17, 15) is 0 Å². The summed E-state index contributed by atoms with van der Waals surface area (Å²) in [5.74, 6) is 0.992. The predicted molar refractivity (Wildman–Crippen MR) is 111 cm³/mol. The highest BCUT2D eigenvalue weighted by Gasteiger charge is 2.22. The average molecular weight is 392 g/mol. The molecule has 0 amide bonds. The summed E-state index contributed by atoms with van der Waals surface area (Å²) in [4.78, 5) is 11.2. The molecule has 142 valence electrons. The number of pyridine rings is 2. The number of nitrogens with zero attached hydrogens (tertiary/aromatic N) is 6. The molecule has 0 spiro atoms. The van der Waals surface area contributed by atoms with Crippen LogP contribution in [0.5, 0.6) is 0 Å². The number of hydrogen-bond acceptors (Lipinski definition) is 8. The van der Waals surface area contributed by atoms with Gasteiger partial charge in [-0.05, 0) is 25.0 Å². The number of nitrogens with one attached hydrogen (secondary N) is 1. The van der Waals surface area contributed by atoms with E-state index in [0.717, 1.165) is 38.0 Å². The Balaban J connectivity index is 1.50. The van der Waals surface area contributed by atoms with E-state index < -0.39 is 0 Å². The third-order valence-electron chi connectivity index (χ3n) is 5.31. The van der Waals surface area contributed by atoms with Gasteiger partial charge < -0.3 is 10.6 Å². The van der Waals surface area contributed by atoms with Crippen LogP contribution in [0.3, 0.4) is 0 Å². The molecular weight excluding hydrogens is 372 g/mol. The molecule has 4 heterocycles. The summed E-state index contributed by atoms with van der Waals surface area (Å²) in [5.41, 5.74) is 10.5. The van der Waals surface area contributed by atoms with E-state index in [2.05, 4.69) is 30.4 Å². The second-order valence-electron chi connectivity index (χ2n) is 7.10. The van der Waals surface area contributed by atoms with Crippen LogP contribution >= 0.6 is 11.3 Å². The van der Waals surface area contributed by atoms with Crippen LogP contribution in [0.15, 0.2) is 30.7 Å². The molecule has 0 aromatic carbocycles. The monoisotopic (exact) mass is 392 g/mol. The van der Waals surface area contributed by atoms with Gasteiger partial charge in [0.05, 0.1) is 40.4 Å². The van der Waals surface area contributed by atoms with Crippen LogP contribution in [0.1, 0.15) is 36.6 Å². The van der Waals surface area contributed by atoms with Gasteiger partial charge in [-0.2, -0.15) is 5.10 Å². The van der Waals surface area contributed by atoms with Crippen LogP contribution in [-0.2, 0) is 0 Å². The molecule has 3 N–H and O–H groups in total. The lowest BCUT2D eigenvalue weighted by Crippen LogP contribution is -2.09. The minimum Gasteiger partial charge on any atom is -0.383 e. The second-order valence-corrected chi connectivity index (χ2v) is 8.10. The van der Waals surface area contributed by atoms with Crippen LogP contribution in [0.4, 0.5) is 17.2 Å². The molecule has 0 radical (unpaired) electrons. The summed E-state index contributed by atoms with van der Waals surface area (Å²) >= 11 is 1.62. The van der Waals surface area contributed by atoms with Crippen LogP contribution in [0.25, 0.3) is 21.6 Å². The summed E-state index contributed by atoms with van der Waals surface area (Å²) in [5, 5.41) is 17.5. The Morgan fingerprint density at radius 2 is 1.96 bits per heavy atom. The van der Waals surface area contributed by atoms with Crippen LogP contribution in [-0.4, -0.2) is 37.4 Å². The molecule has 0 unspecified atom stereocenters. The molecule has 0 saturated heterocycles. The van der Waals surface area contributed by atoms with Gasteiger partial charge in [-0.3, -0.25) is 10.1 Å². The molecule has 28 heavy (non-hydrogen) atoms. The number of H-pyrrole nitrogens is 1. The number of nitrogens with two attached hydrogens (primary N) is 1. The Labute approximate surface area is 165 Å². The van der Waals surface area contributed by atoms with Crippen molar-refractivity contribution in [3.05, 3.63) is 35.7 Å². The number of hydrogen-bond donors (Lipinski definition) is 2.